The van der Waals surface area contributed by atoms with E-state index in [1.807, 2.05) is 6.07 Å². The van der Waals surface area contributed by atoms with Gasteiger partial charge in [-0.15, -0.1) is 0 Å². The molecule has 0 aromatic heterocycles. The molecule has 1 aromatic rings. The van der Waals surface area contributed by atoms with Crippen molar-refractivity contribution in [3.8, 4) is 0 Å². The van der Waals surface area contributed by atoms with Crippen molar-refractivity contribution in [1.29, 1.82) is 0 Å². The lowest BCUT2D eigenvalue weighted by Gasteiger charge is -2.19. The van der Waals surface area contributed by atoms with E-state index < -0.39 is 7.94 Å². The second-order valence-electron chi connectivity index (χ2n) is 11.4. The molecular formula is C33H62O3P+. The fraction of sp³-hybridized carbons (Fsp3) is 0.818. The molecule has 3 nitrogen and oxygen atoms in total. The van der Waals surface area contributed by atoms with Crippen molar-refractivity contribution in [3.05, 3.63) is 28.8 Å². The van der Waals surface area contributed by atoms with Crippen molar-refractivity contribution in [3.63, 3.8) is 0 Å². The van der Waals surface area contributed by atoms with E-state index in [1.165, 1.54) is 133 Å². The van der Waals surface area contributed by atoms with E-state index in [-0.39, 0.29) is 0 Å². The number of hydrogen-bond donors (Lipinski definition) is 3. The fourth-order valence-electron chi connectivity index (χ4n) is 5.63. The summed E-state index contributed by atoms with van der Waals surface area (Å²) in [5, 5.41) is 0.416. The first-order valence-corrected chi connectivity index (χ1v) is 17.8. The van der Waals surface area contributed by atoms with Gasteiger partial charge in [-0.2, -0.15) is 14.7 Å². The summed E-state index contributed by atoms with van der Waals surface area (Å²) in [6.45, 7) is 6.78. The molecule has 37 heavy (non-hydrogen) atoms. The molecule has 0 bridgehead atoms. The number of aryl methyl sites for hydroxylation is 1. The summed E-state index contributed by atoms with van der Waals surface area (Å²) in [7, 11) is -4.03. The highest BCUT2D eigenvalue weighted by atomic mass is 31.2. The third kappa shape index (κ3) is 16.3. The van der Waals surface area contributed by atoms with Gasteiger partial charge < -0.3 is 0 Å². The van der Waals surface area contributed by atoms with Crippen LogP contribution >= 0.6 is 7.94 Å². The molecule has 4 heteroatoms. The molecule has 3 N–H and O–H groups in total. The quantitative estimate of drug-likeness (QED) is 0.0859. The molecule has 216 valence electrons. The van der Waals surface area contributed by atoms with Gasteiger partial charge in [0.2, 0.25) is 0 Å². The van der Waals surface area contributed by atoms with Crippen LogP contribution in [0.1, 0.15) is 172 Å². The molecule has 0 spiro atoms. The zero-order valence-electron chi connectivity index (χ0n) is 24.9. The molecule has 0 aliphatic heterocycles. The number of hydrogen-bond acceptors (Lipinski definition) is 3. The summed E-state index contributed by atoms with van der Waals surface area (Å²) >= 11 is 0. The van der Waals surface area contributed by atoms with Gasteiger partial charge in [-0.25, -0.2) is 0 Å². The highest BCUT2D eigenvalue weighted by molar-refractivity contribution is 7.66. The minimum atomic E-state index is -4.03. The molecule has 1 rings (SSSR count). The van der Waals surface area contributed by atoms with Crippen LogP contribution in [0.4, 0.5) is 0 Å². The molecule has 0 fully saturated rings. The zero-order valence-corrected chi connectivity index (χ0v) is 25.8. The van der Waals surface area contributed by atoms with Crippen molar-refractivity contribution >= 4 is 13.2 Å². The molecule has 0 unspecified atom stereocenters. The average molecular weight is 538 g/mol. The van der Waals surface area contributed by atoms with Gasteiger partial charge in [0.1, 0.15) is 0 Å². The Morgan fingerprint density at radius 1 is 0.432 bits per heavy atom. The molecule has 0 radical (unpaired) electrons. The Kier molecular flexibility index (Phi) is 20.9. The molecule has 0 aliphatic rings. The van der Waals surface area contributed by atoms with Crippen LogP contribution in [-0.4, -0.2) is 14.7 Å². The first-order valence-electron chi connectivity index (χ1n) is 16.2. The van der Waals surface area contributed by atoms with Gasteiger partial charge >= 0.3 is 7.94 Å². The highest BCUT2D eigenvalue weighted by Gasteiger charge is 2.38. The third-order valence-corrected chi connectivity index (χ3v) is 9.00. The summed E-state index contributed by atoms with van der Waals surface area (Å²) in [6.07, 6.45) is 29.7. The van der Waals surface area contributed by atoms with E-state index in [2.05, 4.69) is 26.8 Å². The zero-order chi connectivity index (χ0) is 27.2. The fourth-order valence-corrected chi connectivity index (χ4v) is 6.51. The lowest BCUT2D eigenvalue weighted by molar-refractivity contribution is 0.346. The maximum absolute atomic E-state index is 10.3. The largest absolute Gasteiger partial charge is 0.441 e. The predicted molar refractivity (Wildman–Crippen MR) is 165 cm³/mol. The summed E-state index contributed by atoms with van der Waals surface area (Å²) in [5.41, 5.74) is 3.76. The maximum atomic E-state index is 10.3. The van der Waals surface area contributed by atoms with Gasteiger partial charge in [0.25, 0.3) is 0 Å². The molecule has 0 atom stereocenters. The van der Waals surface area contributed by atoms with Gasteiger partial charge in [0.15, 0.2) is 5.30 Å². The van der Waals surface area contributed by atoms with Crippen LogP contribution in [0.3, 0.4) is 0 Å². The van der Waals surface area contributed by atoms with E-state index in [4.69, 9.17) is 0 Å². The number of unbranched alkanes of at least 4 members (excludes halogenated alkanes) is 18. The minimum absolute atomic E-state index is 0.416. The van der Waals surface area contributed by atoms with Crippen LogP contribution in [0, 0.1) is 0 Å². The summed E-state index contributed by atoms with van der Waals surface area (Å²) in [5.74, 6) is 0. The number of benzene rings is 1. The van der Waals surface area contributed by atoms with Crippen molar-refractivity contribution in [2.75, 3.05) is 0 Å². The van der Waals surface area contributed by atoms with Gasteiger partial charge in [-0.3, -0.25) is 0 Å². The van der Waals surface area contributed by atoms with Crippen molar-refractivity contribution in [2.24, 2.45) is 0 Å². The SMILES string of the molecule is CCCCCCCCCc1ccc([P+](O)(O)O)c(CCCCCCCCC)c1CCCCCCCCC. The number of rotatable bonds is 25. The molecule has 0 aliphatic carbocycles. The topological polar surface area (TPSA) is 60.7 Å². The van der Waals surface area contributed by atoms with Crippen LogP contribution < -0.4 is 5.30 Å². The van der Waals surface area contributed by atoms with Crippen molar-refractivity contribution in [2.45, 2.75) is 175 Å². The van der Waals surface area contributed by atoms with Crippen LogP contribution in [0.2, 0.25) is 0 Å². The standard InChI is InChI=1S/C33H62O3P/c1-4-7-10-13-16-19-22-25-30-28-29-33(37(34,35)36)32(27-24-21-18-15-12-9-6-3)31(30)26-23-20-17-14-11-8-5-2/h28-29,34-36H,4-27H2,1-3H3/q+1. The lowest BCUT2D eigenvalue weighted by Crippen LogP contribution is -2.19. The summed E-state index contributed by atoms with van der Waals surface area (Å²) in [4.78, 5) is 30.9. The van der Waals surface area contributed by atoms with Gasteiger partial charge in [-0.1, -0.05) is 142 Å². The summed E-state index contributed by atoms with van der Waals surface area (Å²) < 4.78 is 0. The van der Waals surface area contributed by atoms with E-state index >= 15 is 0 Å². The van der Waals surface area contributed by atoms with Gasteiger partial charge in [0, 0.05) is 5.56 Å². The molecular weight excluding hydrogens is 475 g/mol. The van der Waals surface area contributed by atoms with Crippen LogP contribution in [-0.2, 0) is 19.3 Å². The molecule has 0 saturated heterocycles. The Labute approximate surface area is 231 Å². The van der Waals surface area contributed by atoms with Crippen molar-refractivity contribution < 1.29 is 14.7 Å². The van der Waals surface area contributed by atoms with Crippen LogP contribution in [0.25, 0.3) is 0 Å². The predicted octanol–water partition coefficient (Wildman–Crippen LogP) is 9.93. The van der Waals surface area contributed by atoms with Gasteiger partial charge in [0.05, 0.1) is 0 Å². The Hall–Kier alpha value is -0.470. The van der Waals surface area contributed by atoms with Crippen LogP contribution in [0.5, 0.6) is 0 Å². The van der Waals surface area contributed by atoms with Crippen LogP contribution in [0.15, 0.2) is 12.1 Å². The second-order valence-corrected chi connectivity index (χ2v) is 13.0. The van der Waals surface area contributed by atoms with E-state index in [1.54, 1.807) is 0 Å². The molecule has 0 heterocycles. The summed E-state index contributed by atoms with van der Waals surface area (Å²) in [6, 6.07) is 3.92. The van der Waals surface area contributed by atoms with E-state index in [0.29, 0.717) is 5.30 Å². The monoisotopic (exact) mass is 537 g/mol. The molecule has 0 amide bonds. The van der Waals surface area contributed by atoms with E-state index in [9.17, 15) is 14.7 Å². The Balaban J connectivity index is 2.88. The maximum Gasteiger partial charge on any atom is 0.441 e. The smallest absolute Gasteiger partial charge is 0.189 e. The Morgan fingerprint density at radius 2 is 0.784 bits per heavy atom. The first kappa shape index (κ1) is 34.6. The molecule has 0 saturated carbocycles. The highest BCUT2D eigenvalue weighted by Crippen LogP contribution is 2.45. The Bertz CT molecular complexity index is 668. The first-order chi connectivity index (χ1) is 18.0. The van der Waals surface area contributed by atoms with Crippen molar-refractivity contribution in [1.82, 2.24) is 0 Å². The third-order valence-electron chi connectivity index (χ3n) is 7.94. The lowest BCUT2D eigenvalue weighted by atomic mass is 9.90. The second kappa shape index (κ2) is 22.4. The molecule has 1 aromatic carbocycles. The normalized spacial score (nSPS) is 11.9. The minimum Gasteiger partial charge on any atom is -0.189 e. The van der Waals surface area contributed by atoms with Gasteiger partial charge in [-0.05, 0) is 55.7 Å². The van der Waals surface area contributed by atoms with E-state index in [0.717, 1.165) is 37.7 Å². The Morgan fingerprint density at radius 3 is 1.19 bits per heavy atom. The average Bonchev–Trinajstić information content (AvgIpc) is 2.87.